The van der Waals surface area contributed by atoms with E-state index in [4.69, 9.17) is 0 Å². The van der Waals surface area contributed by atoms with E-state index in [0.717, 1.165) is 0 Å². The Labute approximate surface area is 282 Å². The minimum atomic E-state index is -10.7. The maximum Gasteiger partial charge on any atom is 0.177 e. The number of benzene rings is 4. The van der Waals surface area contributed by atoms with E-state index in [1.807, 2.05) is 23.5 Å². The Morgan fingerprint density at radius 2 is 0.604 bits per heavy atom. The maximum atomic E-state index is 9.87. The average Bonchev–Trinajstić information content (AvgIpc) is 2.95. The maximum absolute atomic E-state index is 10.7. The van der Waals surface area contributed by atoms with Crippen LogP contribution in [-0.4, -0.2) is 10.5 Å². The summed E-state index contributed by atoms with van der Waals surface area (Å²) in [5.74, 6) is 0. The molecule has 0 spiro atoms. The number of fused-ring (bicyclic) bond motifs is 4. The van der Waals surface area contributed by atoms with Crippen LogP contribution in [-0.2, 0) is 21.8 Å². The van der Waals surface area contributed by atoms with Gasteiger partial charge in [0.1, 0.15) is 0 Å². The van der Waals surface area contributed by atoms with Crippen molar-refractivity contribution in [3.63, 3.8) is 0 Å². The van der Waals surface area contributed by atoms with Gasteiger partial charge in [0.2, 0.25) is 0 Å². The molecule has 1 fully saturated rings. The van der Waals surface area contributed by atoms with E-state index in [0.29, 0.717) is 10.5 Å². The predicted molar refractivity (Wildman–Crippen MR) is 175 cm³/mol. The van der Waals surface area contributed by atoms with Crippen molar-refractivity contribution in [2.75, 3.05) is 0 Å². The van der Waals surface area contributed by atoms with Gasteiger partial charge in [0, 0.05) is 12.8 Å². The molecule has 0 aromatic heterocycles. The molecule has 48 heavy (non-hydrogen) atoms. The van der Waals surface area contributed by atoms with Gasteiger partial charge in [0.05, 0.1) is 41.4 Å². The first-order chi connectivity index (χ1) is 21.8. The fourth-order valence-electron chi connectivity index (χ4n) is 5.59. The van der Waals surface area contributed by atoms with Gasteiger partial charge in [-0.3, -0.25) is 0 Å². The van der Waals surface area contributed by atoms with E-state index in [9.17, 15) is 50.4 Å². The zero-order chi connectivity index (χ0) is 35.3. The van der Waals surface area contributed by atoms with Crippen molar-refractivity contribution in [2.24, 2.45) is 0 Å². The zero-order valence-corrected chi connectivity index (χ0v) is 29.3. The molecular formula is C30H26F12P2S4. The molecule has 264 valence electrons. The quantitative estimate of drug-likeness (QED) is 0.112. The first-order valence-corrected chi connectivity index (χ1v) is 22.4. The van der Waals surface area contributed by atoms with Crippen LogP contribution in [0.5, 0.6) is 0 Å². The third kappa shape index (κ3) is 11.4. The number of hydrogen-bond donors (Lipinski definition) is 0. The van der Waals surface area contributed by atoms with Gasteiger partial charge in [0.15, 0.2) is 30.1 Å². The Kier molecular flexibility index (Phi) is 9.34. The van der Waals surface area contributed by atoms with Gasteiger partial charge in [-0.05, 0) is 61.4 Å². The summed E-state index contributed by atoms with van der Waals surface area (Å²) in [6, 6.07) is 37.0. The summed E-state index contributed by atoms with van der Waals surface area (Å²) < 4.78 is 118. The first kappa shape index (κ1) is 37.6. The van der Waals surface area contributed by atoms with Gasteiger partial charge in [-0.25, -0.2) is 0 Å². The third-order valence-corrected chi connectivity index (χ3v) is 15.7. The minimum Gasteiger partial charge on any atom is -0.0795 e. The summed E-state index contributed by atoms with van der Waals surface area (Å²) in [5.41, 5.74) is 0. The van der Waals surface area contributed by atoms with Gasteiger partial charge in [0.25, 0.3) is 0 Å². The van der Waals surface area contributed by atoms with Crippen molar-refractivity contribution in [2.45, 2.75) is 75.3 Å². The molecule has 4 aromatic carbocycles. The van der Waals surface area contributed by atoms with Crippen molar-refractivity contribution in [1.29, 1.82) is 0 Å². The van der Waals surface area contributed by atoms with Gasteiger partial charge < -0.3 is 0 Å². The monoisotopic (exact) mass is 804 g/mol. The van der Waals surface area contributed by atoms with E-state index in [1.165, 1.54) is 45.3 Å². The predicted octanol–water partition coefficient (Wildman–Crippen LogP) is 15.5. The van der Waals surface area contributed by atoms with E-state index >= 15 is 0 Å². The van der Waals surface area contributed by atoms with Crippen LogP contribution < -0.4 is 0 Å². The van der Waals surface area contributed by atoms with Crippen molar-refractivity contribution >= 4 is 60.9 Å². The van der Waals surface area contributed by atoms with Gasteiger partial charge >= 0.3 is 66.0 Å². The van der Waals surface area contributed by atoms with Crippen LogP contribution >= 0.6 is 39.1 Å². The summed E-state index contributed by atoms with van der Waals surface area (Å²) in [6.45, 7) is 0. The second kappa shape index (κ2) is 11.9. The Morgan fingerprint density at radius 3 is 0.833 bits per heavy atom. The van der Waals surface area contributed by atoms with Crippen LogP contribution in [0.4, 0.5) is 50.4 Å². The molecule has 4 aromatic rings. The van der Waals surface area contributed by atoms with Crippen molar-refractivity contribution in [1.82, 2.24) is 0 Å². The molecule has 1 aliphatic carbocycles. The number of halogens is 12. The molecule has 3 aliphatic rings. The Hall–Kier alpha value is -1.70. The average molecular weight is 805 g/mol. The number of rotatable bonds is 2. The van der Waals surface area contributed by atoms with Crippen LogP contribution in [0.3, 0.4) is 0 Å². The molecule has 0 bridgehead atoms. The summed E-state index contributed by atoms with van der Waals surface area (Å²) >= 11 is 3.94. The summed E-state index contributed by atoms with van der Waals surface area (Å²) in [4.78, 5) is 12.2. The molecule has 18 heteroatoms. The second-order valence-corrected chi connectivity index (χ2v) is 21.3. The molecule has 0 radical (unpaired) electrons. The van der Waals surface area contributed by atoms with Crippen molar-refractivity contribution in [3.8, 4) is 0 Å². The van der Waals surface area contributed by atoms with E-state index in [-0.39, 0.29) is 21.8 Å². The van der Waals surface area contributed by atoms with Crippen LogP contribution in [0.25, 0.3) is 0 Å². The first-order valence-electron chi connectivity index (χ1n) is 14.1. The molecule has 1 saturated carbocycles. The summed E-state index contributed by atoms with van der Waals surface area (Å²) in [6.07, 6.45) is 5.39. The van der Waals surface area contributed by atoms with Crippen LogP contribution in [0.15, 0.2) is 136 Å². The van der Waals surface area contributed by atoms with Crippen molar-refractivity contribution in [3.05, 3.63) is 97.1 Å². The Balaban J connectivity index is 0.000000273. The molecule has 2 aliphatic heterocycles. The molecule has 0 nitrogen and oxygen atoms in total. The summed E-state index contributed by atoms with van der Waals surface area (Å²) in [7, 11) is -21.1. The van der Waals surface area contributed by atoms with Crippen molar-refractivity contribution < 1.29 is 50.4 Å². The molecule has 0 unspecified atom stereocenters. The minimum absolute atomic E-state index is 0.113. The smallest absolute Gasteiger partial charge is 0.0795 e. The van der Waals surface area contributed by atoms with Gasteiger partial charge in [-0.2, -0.15) is 0 Å². The fourth-order valence-corrected chi connectivity index (χ4v) is 15.1. The molecule has 0 saturated heterocycles. The Bertz CT molecular complexity index is 1570. The van der Waals surface area contributed by atoms with Crippen LogP contribution in [0.1, 0.15) is 25.7 Å². The molecular weight excluding hydrogens is 779 g/mol. The van der Waals surface area contributed by atoms with E-state index in [2.05, 4.69) is 97.1 Å². The largest absolute Gasteiger partial charge is 0.177 e. The topological polar surface area (TPSA) is 0 Å². The van der Waals surface area contributed by atoms with E-state index in [1.54, 1.807) is 19.6 Å². The molecule has 0 amide bonds. The summed E-state index contributed by atoms with van der Waals surface area (Å²) in [5, 5.41) is 1.37. The van der Waals surface area contributed by atoms with E-state index < -0.39 is 15.6 Å². The molecule has 0 N–H and O–H groups in total. The third-order valence-electron chi connectivity index (χ3n) is 7.03. The molecule has 2 atom stereocenters. The van der Waals surface area contributed by atoms with Crippen LogP contribution in [0, 0.1) is 0 Å². The standard InChI is InChI=1S/C30H26S4.2F6P/c1-5-15-25-21(11-1)31-22-12-2-6-16-26(22)33(25)29-19-9-10-20-30(29)34-27-17-7-3-13-23(27)32-24-14-4-8-18-28(24)34;2*1-7(2,3,4,5)6/h1-8,11-18,29-30H,9-10,19-20H2;;/q+2;2*-1/t29-,30-;;/m1../s1. The zero-order valence-electron chi connectivity index (χ0n) is 24.3. The van der Waals surface area contributed by atoms with Crippen LogP contribution in [0.2, 0.25) is 0 Å². The fraction of sp³-hybridized carbons (Fsp3) is 0.200. The molecule has 2 heterocycles. The normalized spacial score (nSPS) is 22.2. The van der Waals surface area contributed by atoms with Gasteiger partial charge in [-0.15, -0.1) is 0 Å². The van der Waals surface area contributed by atoms with Gasteiger partial charge in [-0.1, -0.05) is 72.1 Å². The number of hydrogen-bond acceptors (Lipinski definition) is 2. The second-order valence-electron chi connectivity index (χ2n) is 10.9. The Morgan fingerprint density at radius 1 is 0.396 bits per heavy atom. The SMILES string of the molecule is F[P-](F)(F)(F)(F)F.F[P-](F)(F)(F)(F)F.c1ccc2c(c1)Sc1ccccc1[S+]2[C@@H]1CCCC[C@H]1[S+]1c2ccccc2Sc2ccccc21. The molecule has 7 rings (SSSR count).